The molecule has 5 heteroatoms. The monoisotopic (exact) mass is 276 g/mol. The van der Waals surface area contributed by atoms with Gasteiger partial charge in [0.25, 0.3) is 0 Å². The van der Waals surface area contributed by atoms with Crippen molar-refractivity contribution in [3.8, 4) is 11.1 Å². The molecule has 2 aromatic rings. The minimum atomic E-state index is -3.41. The van der Waals surface area contributed by atoms with Crippen LogP contribution in [0, 0.1) is 0 Å². The number of hydrogen-bond acceptors (Lipinski definition) is 3. The molecule has 0 aliphatic carbocycles. The lowest BCUT2D eigenvalue weighted by atomic mass is 10.1. The van der Waals surface area contributed by atoms with Gasteiger partial charge in [-0.25, -0.2) is 13.6 Å². The molecule has 0 amide bonds. The summed E-state index contributed by atoms with van der Waals surface area (Å²) in [5.41, 5.74) is 3.15. The van der Waals surface area contributed by atoms with Crippen LogP contribution in [-0.4, -0.2) is 20.7 Å². The third-order valence-electron chi connectivity index (χ3n) is 2.71. The van der Waals surface area contributed by atoms with E-state index in [1.165, 1.54) is 0 Å². The molecule has 3 N–H and O–H groups in total. The Bertz CT molecular complexity index is 622. The van der Waals surface area contributed by atoms with Gasteiger partial charge in [0.15, 0.2) is 0 Å². The van der Waals surface area contributed by atoms with Gasteiger partial charge in [-0.1, -0.05) is 42.5 Å². The van der Waals surface area contributed by atoms with E-state index in [1.807, 2.05) is 54.6 Å². The van der Waals surface area contributed by atoms with Crippen LogP contribution in [0.2, 0.25) is 0 Å². The second kappa shape index (κ2) is 5.86. The van der Waals surface area contributed by atoms with E-state index >= 15 is 0 Å². The maximum atomic E-state index is 10.8. The summed E-state index contributed by atoms with van der Waals surface area (Å²) in [7, 11) is -3.41. The molecule has 0 unspecified atom stereocenters. The standard InChI is InChI=1S/C14H16N2O2S/c15-19(17,18)11-10-16-14-8-6-13(7-9-14)12-4-2-1-3-5-12/h1-9,16H,10-11H2,(H2,15,17,18). The normalized spacial score (nSPS) is 11.2. The third kappa shape index (κ3) is 4.39. The van der Waals surface area contributed by atoms with Crippen LogP contribution >= 0.6 is 0 Å². The second-order valence-corrected chi connectivity index (χ2v) is 5.97. The van der Waals surface area contributed by atoms with Crippen molar-refractivity contribution in [2.45, 2.75) is 0 Å². The van der Waals surface area contributed by atoms with Crippen LogP contribution in [0.15, 0.2) is 54.6 Å². The lowest BCUT2D eigenvalue weighted by Crippen LogP contribution is -2.22. The molecule has 0 heterocycles. The van der Waals surface area contributed by atoms with Crippen molar-refractivity contribution in [2.75, 3.05) is 17.6 Å². The van der Waals surface area contributed by atoms with Gasteiger partial charge in [0.2, 0.25) is 10.0 Å². The molecule has 2 aromatic carbocycles. The zero-order valence-electron chi connectivity index (χ0n) is 10.4. The van der Waals surface area contributed by atoms with Gasteiger partial charge in [0, 0.05) is 12.2 Å². The van der Waals surface area contributed by atoms with Gasteiger partial charge < -0.3 is 5.32 Å². The molecule has 0 saturated carbocycles. The Morgan fingerprint density at radius 2 is 1.47 bits per heavy atom. The average molecular weight is 276 g/mol. The Kier molecular flexibility index (Phi) is 4.19. The van der Waals surface area contributed by atoms with Crippen LogP contribution in [-0.2, 0) is 10.0 Å². The van der Waals surface area contributed by atoms with Gasteiger partial charge in [0.05, 0.1) is 5.75 Å². The van der Waals surface area contributed by atoms with Gasteiger partial charge in [-0.05, 0) is 23.3 Å². The van der Waals surface area contributed by atoms with Crippen molar-refractivity contribution in [1.82, 2.24) is 0 Å². The summed E-state index contributed by atoms with van der Waals surface area (Å²) in [4.78, 5) is 0. The maximum Gasteiger partial charge on any atom is 0.210 e. The number of primary sulfonamides is 1. The van der Waals surface area contributed by atoms with Crippen LogP contribution in [0.5, 0.6) is 0 Å². The van der Waals surface area contributed by atoms with E-state index in [4.69, 9.17) is 5.14 Å². The summed E-state index contributed by atoms with van der Waals surface area (Å²) in [5, 5.41) is 7.95. The summed E-state index contributed by atoms with van der Waals surface area (Å²) in [5.74, 6) is -0.0760. The molecule has 100 valence electrons. The van der Waals surface area contributed by atoms with Crippen molar-refractivity contribution in [2.24, 2.45) is 5.14 Å². The fourth-order valence-electron chi connectivity index (χ4n) is 1.75. The summed E-state index contributed by atoms with van der Waals surface area (Å²) >= 11 is 0. The van der Waals surface area contributed by atoms with E-state index in [9.17, 15) is 8.42 Å². The van der Waals surface area contributed by atoms with Crippen LogP contribution in [0.3, 0.4) is 0 Å². The SMILES string of the molecule is NS(=O)(=O)CCNc1ccc(-c2ccccc2)cc1. The highest BCUT2D eigenvalue weighted by Crippen LogP contribution is 2.20. The number of nitrogens with one attached hydrogen (secondary N) is 1. The number of rotatable bonds is 5. The molecular weight excluding hydrogens is 260 g/mol. The molecule has 0 fully saturated rings. The Labute approximate surface area is 113 Å². The minimum absolute atomic E-state index is 0.0760. The molecule has 0 radical (unpaired) electrons. The van der Waals surface area contributed by atoms with E-state index in [1.54, 1.807) is 0 Å². The topological polar surface area (TPSA) is 72.2 Å². The summed E-state index contributed by atoms with van der Waals surface area (Å²) < 4.78 is 21.6. The molecule has 0 aliphatic heterocycles. The van der Waals surface area contributed by atoms with E-state index in [-0.39, 0.29) is 5.75 Å². The lowest BCUT2D eigenvalue weighted by Gasteiger charge is -2.07. The molecule has 0 atom stereocenters. The third-order valence-corrected chi connectivity index (χ3v) is 3.48. The molecule has 0 aliphatic rings. The molecule has 0 spiro atoms. The highest BCUT2D eigenvalue weighted by Gasteiger charge is 2.02. The summed E-state index contributed by atoms with van der Waals surface area (Å²) in [6.45, 7) is 0.309. The highest BCUT2D eigenvalue weighted by molar-refractivity contribution is 7.89. The largest absolute Gasteiger partial charge is 0.384 e. The molecule has 0 aromatic heterocycles. The van der Waals surface area contributed by atoms with Crippen LogP contribution < -0.4 is 10.5 Å². The van der Waals surface area contributed by atoms with Crippen LogP contribution in [0.4, 0.5) is 5.69 Å². The number of hydrogen-bond donors (Lipinski definition) is 2. The van der Waals surface area contributed by atoms with Crippen LogP contribution in [0.1, 0.15) is 0 Å². The molecular formula is C14H16N2O2S. The van der Waals surface area contributed by atoms with Crippen molar-refractivity contribution in [1.29, 1.82) is 0 Å². The predicted molar refractivity (Wildman–Crippen MR) is 78.3 cm³/mol. The zero-order chi connectivity index (χ0) is 13.7. The quantitative estimate of drug-likeness (QED) is 0.878. The summed E-state index contributed by atoms with van der Waals surface area (Å²) in [6.07, 6.45) is 0. The van der Waals surface area contributed by atoms with Gasteiger partial charge in [0.1, 0.15) is 0 Å². The van der Waals surface area contributed by atoms with Crippen molar-refractivity contribution in [3.63, 3.8) is 0 Å². The maximum absolute atomic E-state index is 10.8. The van der Waals surface area contributed by atoms with Crippen LogP contribution in [0.25, 0.3) is 11.1 Å². The second-order valence-electron chi connectivity index (χ2n) is 4.24. The number of nitrogens with two attached hydrogens (primary N) is 1. The van der Waals surface area contributed by atoms with Gasteiger partial charge in [-0.15, -0.1) is 0 Å². The Balaban J connectivity index is 1.99. The number of anilines is 1. The molecule has 0 bridgehead atoms. The average Bonchev–Trinajstić information content (AvgIpc) is 2.39. The lowest BCUT2D eigenvalue weighted by molar-refractivity contribution is 0.598. The van der Waals surface area contributed by atoms with E-state index in [0.29, 0.717) is 6.54 Å². The highest BCUT2D eigenvalue weighted by atomic mass is 32.2. The zero-order valence-corrected chi connectivity index (χ0v) is 11.2. The minimum Gasteiger partial charge on any atom is -0.384 e. The van der Waals surface area contributed by atoms with E-state index in [2.05, 4.69) is 5.32 Å². The summed E-state index contributed by atoms with van der Waals surface area (Å²) in [6, 6.07) is 17.9. The van der Waals surface area contributed by atoms with Gasteiger partial charge in [-0.2, -0.15) is 0 Å². The fourth-order valence-corrected chi connectivity index (χ4v) is 2.14. The Morgan fingerprint density at radius 3 is 2.05 bits per heavy atom. The van der Waals surface area contributed by atoms with Gasteiger partial charge in [-0.3, -0.25) is 0 Å². The number of sulfonamides is 1. The van der Waals surface area contributed by atoms with Crippen molar-refractivity contribution < 1.29 is 8.42 Å². The molecule has 0 saturated heterocycles. The molecule has 4 nitrogen and oxygen atoms in total. The van der Waals surface area contributed by atoms with E-state index in [0.717, 1.165) is 16.8 Å². The Hall–Kier alpha value is -1.85. The van der Waals surface area contributed by atoms with Crippen molar-refractivity contribution in [3.05, 3.63) is 54.6 Å². The van der Waals surface area contributed by atoms with Gasteiger partial charge >= 0.3 is 0 Å². The smallest absolute Gasteiger partial charge is 0.210 e. The Morgan fingerprint density at radius 1 is 0.895 bits per heavy atom. The fraction of sp³-hybridized carbons (Fsp3) is 0.143. The first kappa shape index (κ1) is 13.6. The number of benzene rings is 2. The van der Waals surface area contributed by atoms with E-state index < -0.39 is 10.0 Å². The first-order valence-corrected chi connectivity index (χ1v) is 7.66. The molecule has 19 heavy (non-hydrogen) atoms. The predicted octanol–water partition coefficient (Wildman–Crippen LogP) is 2.05. The first-order chi connectivity index (χ1) is 9.04. The molecule has 2 rings (SSSR count). The first-order valence-electron chi connectivity index (χ1n) is 5.94. The van der Waals surface area contributed by atoms with Crippen molar-refractivity contribution >= 4 is 15.7 Å².